The molecular formula is C8H13BN2. The highest BCUT2D eigenvalue weighted by Crippen LogP contribution is 1.78. The molecule has 0 aromatic carbocycles. The highest BCUT2D eigenvalue weighted by Gasteiger charge is 1.93. The van der Waals surface area contributed by atoms with Gasteiger partial charge in [-0.15, -0.1) is 12.4 Å². The molecule has 0 amide bonds. The van der Waals surface area contributed by atoms with Gasteiger partial charge in [-0.1, -0.05) is 19.3 Å². The average Bonchev–Trinajstić information content (AvgIpc) is 2.01. The number of unbranched alkanes of at least 4 members (excludes halogenated alkanes) is 1. The first kappa shape index (κ1) is 10.1. The van der Waals surface area contributed by atoms with Crippen LogP contribution in [0.5, 0.6) is 0 Å². The predicted octanol–water partition coefficient (Wildman–Crippen LogP) is -0.595. The van der Waals surface area contributed by atoms with Crippen LogP contribution in [0.4, 0.5) is 0 Å². The topological polar surface area (TPSA) is 28.2 Å². The Morgan fingerprint density at radius 3 is 2.82 bits per heavy atom. The zero-order valence-corrected chi connectivity index (χ0v) is 6.93. The van der Waals surface area contributed by atoms with Crippen molar-refractivity contribution in [3.05, 3.63) is 0 Å². The van der Waals surface area contributed by atoms with E-state index in [0.717, 1.165) is 24.2 Å². The van der Waals surface area contributed by atoms with Gasteiger partial charge in [0, 0.05) is 6.54 Å². The minimum atomic E-state index is 0.619. The van der Waals surface area contributed by atoms with Crippen molar-refractivity contribution in [2.24, 2.45) is 0 Å². The van der Waals surface area contributed by atoms with Crippen molar-refractivity contribution in [2.75, 3.05) is 13.1 Å². The summed E-state index contributed by atoms with van der Waals surface area (Å²) < 4.78 is 0. The van der Waals surface area contributed by atoms with Crippen LogP contribution in [0.1, 0.15) is 19.8 Å². The summed E-state index contributed by atoms with van der Waals surface area (Å²) in [4.78, 5) is 1.08. The molecule has 1 N–H and O–H groups in total. The van der Waals surface area contributed by atoms with E-state index in [2.05, 4.69) is 12.8 Å². The Morgan fingerprint density at radius 1 is 1.64 bits per heavy atom. The molecule has 0 fully saturated rings. The zero-order chi connectivity index (χ0) is 8.53. The summed E-state index contributed by atoms with van der Waals surface area (Å²) in [6.45, 7) is 3.71. The van der Waals surface area contributed by atoms with Gasteiger partial charge in [0.1, 0.15) is 7.41 Å². The lowest BCUT2D eigenvalue weighted by molar-refractivity contribution is -0.774. The van der Waals surface area contributed by atoms with Crippen LogP contribution in [-0.4, -0.2) is 20.5 Å². The molecule has 2 radical (unpaired) electrons. The van der Waals surface area contributed by atoms with Crippen LogP contribution in [0.2, 0.25) is 0 Å². The molecule has 0 saturated carbocycles. The number of terminal acetylenes is 1. The van der Waals surface area contributed by atoms with Crippen molar-refractivity contribution < 1.29 is 4.81 Å². The highest BCUT2D eigenvalue weighted by atomic mass is 15.0. The number of quaternary nitrogens is 1. The number of nitriles is 1. The van der Waals surface area contributed by atoms with E-state index >= 15 is 0 Å². The van der Waals surface area contributed by atoms with Crippen LogP contribution < -0.4 is 4.81 Å². The number of hydrogen-bond acceptors (Lipinski definition) is 1. The lowest BCUT2D eigenvalue weighted by Gasteiger charge is -2.24. The molecule has 58 valence electrons. The Balaban J connectivity index is 3.54. The van der Waals surface area contributed by atoms with Crippen LogP contribution >= 0.6 is 0 Å². The summed E-state index contributed by atoms with van der Waals surface area (Å²) in [6, 6.07) is 0. The van der Waals surface area contributed by atoms with Crippen LogP contribution in [0.3, 0.4) is 0 Å². The van der Waals surface area contributed by atoms with E-state index in [1.807, 2.05) is 5.97 Å². The molecule has 0 rings (SSSR count). The number of nitrogens with zero attached hydrogens (tertiary/aromatic N) is 1. The van der Waals surface area contributed by atoms with Gasteiger partial charge in [0.15, 0.2) is 0 Å². The second-order valence-corrected chi connectivity index (χ2v) is 2.42. The van der Waals surface area contributed by atoms with Gasteiger partial charge in [-0.2, -0.15) is 0 Å². The Kier molecular flexibility index (Phi) is 6.58. The van der Waals surface area contributed by atoms with E-state index in [9.17, 15) is 0 Å². The third-order valence-electron chi connectivity index (χ3n) is 1.45. The second kappa shape index (κ2) is 7.19. The van der Waals surface area contributed by atoms with Gasteiger partial charge in [0.05, 0.1) is 6.54 Å². The molecule has 0 bridgehead atoms. The summed E-state index contributed by atoms with van der Waals surface area (Å²) in [5.74, 6) is 4.55. The number of hydrogen-bond donors (Lipinski definition) is 1. The SMILES string of the molecule is C#CC[NH+]([B-]C#N)CCCC. The van der Waals surface area contributed by atoms with Gasteiger partial charge in [0.2, 0.25) is 0 Å². The maximum atomic E-state index is 8.37. The molecule has 11 heavy (non-hydrogen) atoms. The van der Waals surface area contributed by atoms with Gasteiger partial charge < -0.3 is 4.81 Å². The second-order valence-electron chi connectivity index (χ2n) is 2.42. The fourth-order valence-electron chi connectivity index (χ4n) is 0.838. The van der Waals surface area contributed by atoms with Crippen LogP contribution in [0, 0.1) is 23.6 Å². The normalized spacial score (nSPS) is 11.5. The van der Waals surface area contributed by atoms with E-state index in [1.165, 1.54) is 0 Å². The summed E-state index contributed by atoms with van der Waals surface area (Å²) in [7, 11) is 1.56. The standard InChI is InChI=1S/C8H13BN2/c1-3-5-7-11(6-4-2)9-8-10/h2,11H,3,5-7H2,1H3. The average molecular weight is 148 g/mol. The van der Waals surface area contributed by atoms with Crippen molar-refractivity contribution in [1.29, 1.82) is 5.26 Å². The third kappa shape index (κ3) is 5.52. The quantitative estimate of drug-likeness (QED) is 0.409. The van der Waals surface area contributed by atoms with Crippen molar-refractivity contribution in [3.63, 3.8) is 0 Å². The molecule has 0 aliphatic rings. The van der Waals surface area contributed by atoms with Gasteiger partial charge in [-0.05, 0) is 6.42 Å². The maximum Gasteiger partial charge on any atom is 0.126 e. The molecular weight excluding hydrogens is 135 g/mol. The van der Waals surface area contributed by atoms with Crippen LogP contribution in [0.25, 0.3) is 0 Å². The van der Waals surface area contributed by atoms with Gasteiger partial charge >= 0.3 is 0 Å². The minimum absolute atomic E-state index is 0.619. The fraction of sp³-hybridized carbons (Fsp3) is 0.625. The van der Waals surface area contributed by atoms with E-state index in [1.54, 1.807) is 7.41 Å². The van der Waals surface area contributed by atoms with Gasteiger partial charge in [-0.3, -0.25) is 0 Å². The molecule has 0 aliphatic heterocycles. The van der Waals surface area contributed by atoms with Crippen LogP contribution in [0.15, 0.2) is 0 Å². The summed E-state index contributed by atoms with van der Waals surface area (Å²) in [6.07, 6.45) is 7.40. The number of nitrogens with one attached hydrogen (secondary N) is 1. The molecule has 3 heteroatoms. The first-order chi connectivity index (χ1) is 5.35. The summed E-state index contributed by atoms with van der Waals surface area (Å²) in [5, 5.41) is 8.37. The fourth-order valence-corrected chi connectivity index (χ4v) is 0.838. The molecule has 0 aromatic rings. The van der Waals surface area contributed by atoms with E-state index < -0.39 is 0 Å². The monoisotopic (exact) mass is 148 g/mol. The summed E-state index contributed by atoms with van der Waals surface area (Å²) >= 11 is 0. The zero-order valence-electron chi connectivity index (χ0n) is 6.93. The Hall–Kier alpha value is -0.925. The maximum absolute atomic E-state index is 8.37. The molecule has 0 saturated heterocycles. The summed E-state index contributed by atoms with van der Waals surface area (Å²) in [5.41, 5.74) is 0. The van der Waals surface area contributed by atoms with E-state index in [4.69, 9.17) is 11.7 Å². The van der Waals surface area contributed by atoms with Crippen molar-refractivity contribution in [3.8, 4) is 18.3 Å². The molecule has 1 unspecified atom stereocenters. The number of rotatable bonds is 5. The lowest BCUT2D eigenvalue weighted by atomic mass is 9.94. The van der Waals surface area contributed by atoms with Crippen molar-refractivity contribution >= 4 is 7.41 Å². The molecule has 0 aliphatic carbocycles. The first-order valence-corrected chi connectivity index (χ1v) is 3.86. The third-order valence-corrected chi connectivity index (χ3v) is 1.45. The lowest BCUT2D eigenvalue weighted by Crippen LogP contribution is -3.13. The van der Waals surface area contributed by atoms with Gasteiger partial charge in [0.25, 0.3) is 0 Å². The molecule has 0 heterocycles. The Labute approximate surface area is 69.5 Å². The first-order valence-electron chi connectivity index (χ1n) is 3.86. The van der Waals surface area contributed by atoms with Crippen molar-refractivity contribution in [2.45, 2.75) is 19.8 Å². The predicted molar refractivity (Wildman–Crippen MR) is 45.8 cm³/mol. The van der Waals surface area contributed by atoms with Crippen molar-refractivity contribution in [1.82, 2.24) is 0 Å². The Morgan fingerprint density at radius 2 is 2.36 bits per heavy atom. The Bertz CT molecular complexity index is 150. The smallest absolute Gasteiger partial charge is 0.126 e. The molecule has 0 aromatic heterocycles. The van der Waals surface area contributed by atoms with Crippen LogP contribution in [-0.2, 0) is 0 Å². The molecule has 1 atom stereocenters. The molecule has 0 spiro atoms. The minimum Gasteiger partial charge on any atom is -0.548 e. The molecule has 2 nitrogen and oxygen atoms in total. The van der Waals surface area contributed by atoms with Gasteiger partial charge in [-0.25, -0.2) is 5.26 Å². The van der Waals surface area contributed by atoms with E-state index in [-0.39, 0.29) is 0 Å². The van der Waals surface area contributed by atoms with E-state index in [0.29, 0.717) is 6.54 Å². The highest BCUT2D eigenvalue weighted by molar-refractivity contribution is 6.35. The largest absolute Gasteiger partial charge is 0.548 e.